The standard InChI is InChI=1S/C17H21NS/c1-3-13-8-9-19-17(13)11-18-16-7-6-14-5-4-12(2)10-15(14)16/h4-5,8-10,16,18H,3,6-7,11H2,1-2H3. The lowest BCUT2D eigenvalue weighted by molar-refractivity contribution is 0.532. The van der Waals surface area contributed by atoms with Crippen LogP contribution in [0.25, 0.3) is 0 Å². The van der Waals surface area contributed by atoms with Gasteiger partial charge in [0.25, 0.3) is 0 Å². The summed E-state index contributed by atoms with van der Waals surface area (Å²) in [6, 6.07) is 9.69. The number of fused-ring (bicyclic) bond motifs is 1. The minimum atomic E-state index is 0.543. The lowest BCUT2D eigenvalue weighted by Gasteiger charge is -2.14. The number of nitrogens with one attached hydrogen (secondary N) is 1. The van der Waals surface area contributed by atoms with Crippen LogP contribution < -0.4 is 5.32 Å². The maximum Gasteiger partial charge on any atom is 0.0329 e. The highest BCUT2D eigenvalue weighted by atomic mass is 32.1. The summed E-state index contributed by atoms with van der Waals surface area (Å²) in [6.07, 6.45) is 3.60. The molecule has 1 aromatic heterocycles. The van der Waals surface area contributed by atoms with E-state index in [1.54, 1.807) is 0 Å². The second-order valence-corrected chi connectivity index (χ2v) is 6.40. The Labute approximate surface area is 119 Å². The van der Waals surface area contributed by atoms with Gasteiger partial charge in [0.05, 0.1) is 0 Å². The molecule has 1 atom stereocenters. The normalized spacial score (nSPS) is 17.7. The van der Waals surface area contributed by atoms with Gasteiger partial charge in [-0.15, -0.1) is 11.3 Å². The van der Waals surface area contributed by atoms with Crippen LogP contribution in [0.2, 0.25) is 0 Å². The molecule has 1 aliphatic carbocycles. The van der Waals surface area contributed by atoms with Gasteiger partial charge in [-0.1, -0.05) is 30.7 Å². The molecule has 0 radical (unpaired) electrons. The highest BCUT2D eigenvalue weighted by molar-refractivity contribution is 7.10. The molecule has 0 saturated carbocycles. The van der Waals surface area contributed by atoms with Crippen molar-refractivity contribution >= 4 is 11.3 Å². The Hall–Kier alpha value is -1.12. The Kier molecular flexibility index (Phi) is 3.72. The van der Waals surface area contributed by atoms with E-state index in [0.29, 0.717) is 6.04 Å². The second kappa shape index (κ2) is 5.48. The molecule has 0 amide bonds. The quantitative estimate of drug-likeness (QED) is 0.869. The van der Waals surface area contributed by atoms with Crippen LogP contribution in [-0.2, 0) is 19.4 Å². The van der Waals surface area contributed by atoms with Crippen molar-refractivity contribution in [2.45, 2.75) is 45.7 Å². The molecule has 100 valence electrons. The van der Waals surface area contributed by atoms with Crippen molar-refractivity contribution in [2.75, 3.05) is 0 Å². The molecule has 3 rings (SSSR count). The van der Waals surface area contributed by atoms with Crippen LogP contribution in [0.15, 0.2) is 29.6 Å². The number of hydrogen-bond acceptors (Lipinski definition) is 2. The Balaban J connectivity index is 1.71. The van der Waals surface area contributed by atoms with Gasteiger partial charge in [0.2, 0.25) is 0 Å². The highest BCUT2D eigenvalue weighted by Gasteiger charge is 2.22. The summed E-state index contributed by atoms with van der Waals surface area (Å²) in [5.41, 5.74) is 5.93. The molecular weight excluding hydrogens is 250 g/mol. The van der Waals surface area contributed by atoms with Crippen molar-refractivity contribution in [1.82, 2.24) is 5.32 Å². The summed E-state index contributed by atoms with van der Waals surface area (Å²) >= 11 is 1.88. The predicted octanol–water partition coefficient (Wildman–Crippen LogP) is 4.40. The van der Waals surface area contributed by atoms with Gasteiger partial charge < -0.3 is 5.32 Å². The molecule has 0 saturated heterocycles. The summed E-state index contributed by atoms with van der Waals surface area (Å²) in [6.45, 7) is 5.43. The zero-order valence-electron chi connectivity index (χ0n) is 11.7. The molecule has 1 heterocycles. The van der Waals surface area contributed by atoms with Crippen molar-refractivity contribution < 1.29 is 0 Å². The molecule has 0 bridgehead atoms. The van der Waals surface area contributed by atoms with Crippen LogP contribution in [0, 0.1) is 6.92 Å². The van der Waals surface area contributed by atoms with Gasteiger partial charge in [-0.25, -0.2) is 0 Å². The molecule has 0 aliphatic heterocycles. The van der Waals surface area contributed by atoms with Crippen LogP contribution in [0.1, 0.15) is 46.5 Å². The first-order valence-corrected chi connectivity index (χ1v) is 8.04. The zero-order valence-corrected chi connectivity index (χ0v) is 12.5. The van der Waals surface area contributed by atoms with E-state index in [0.717, 1.165) is 13.0 Å². The smallest absolute Gasteiger partial charge is 0.0329 e. The third kappa shape index (κ3) is 2.60. The average molecular weight is 271 g/mol. The summed E-state index contributed by atoms with van der Waals surface area (Å²) in [4.78, 5) is 1.50. The highest BCUT2D eigenvalue weighted by Crippen LogP contribution is 2.32. The first kappa shape index (κ1) is 12.9. The third-order valence-corrected chi connectivity index (χ3v) is 5.07. The van der Waals surface area contributed by atoms with Crippen molar-refractivity contribution in [3.05, 3.63) is 56.8 Å². The lowest BCUT2D eigenvalue weighted by atomic mass is 10.0. The van der Waals surface area contributed by atoms with Crippen LogP contribution >= 0.6 is 11.3 Å². The van der Waals surface area contributed by atoms with E-state index in [2.05, 4.69) is 48.8 Å². The van der Waals surface area contributed by atoms with Crippen molar-refractivity contribution in [2.24, 2.45) is 0 Å². The van der Waals surface area contributed by atoms with Gasteiger partial charge in [0, 0.05) is 17.5 Å². The Bertz CT molecular complexity index is 570. The molecule has 1 aromatic carbocycles. The average Bonchev–Trinajstić information content (AvgIpc) is 3.02. The number of benzene rings is 1. The molecule has 2 heteroatoms. The van der Waals surface area contributed by atoms with Gasteiger partial charge in [0.1, 0.15) is 0 Å². The fourth-order valence-corrected chi connectivity index (χ4v) is 3.91. The number of thiophene rings is 1. The van der Waals surface area contributed by atoms with E-state index in [9.17, 15) is 0 Å². The Morgan fingerprint density at radius 2 is 2.21 bits per heavy atom. The van der Waals surface area contributed by atoms with E-state index in [1.807, 2.05) is 11.3 Å². The van der Waals surface area contributed by atoms with Gasteiger partial charge in [0.15, 0.2) is 0 Å². The van der Waals surface area contributed by atoms with Gasteiger partial charge in [-0.2, -0.15) is 0 Å². The molecule has 1 nitrogen and oxygen atoms in total. The van der Waals surface area contributed by atoms with Crippen molar-refractivity contribution in [3.63, 3.8) is 0 Å². The molecule has 1 aliphatic rings. The van der Waals surface area contributed by atoms with E-state index in [-0.39, 0.29) is 0 Å². The van der Waals surface area contributed by atoms with Crippen LogP contribution in [0.3, 0.4) is 0 Å². The first-order chi connectivity index (χ1) is 9.28. The van der Waals surface area contributed by atoms with Crippen LogP contribution in [0.4, 0.5) is 0 Å². The fourth-order valence-electron chi connectivity index (χ4n) is 2.99. The largest absolute Gasteiger partial charge is 0.305 e. The maximum atomic E-state index is 3.75. The molecule has 19 heavy (non-hydrogen) atoms. The first-order valence-electron chi connectivity index (χ1n) is 7.16. The second-order valence-electron chi connectivity index (χ2n) is 5.40. The van der Waals surface area contributed by atoms with E-state index in [4.69, 9.17) is 0 Å². The summed E-state index contributed by atoms with van der Waals surface area (Å²) in [7, 11) is 0. The third-order valence-electron chi connectivity index (χ3n) is 4.11. The minimum absolute atomic E-state index is 0.543. The van der Waals surface area contributed by atoms with Crippen molar-refractivity contribution in [3.8, 4) is 0 Å². The molecule has 0 fully saturated rings. The monoisotopic (exact) mass is 271 g/mol. The SMILES string of the molecule is CCc1ccsc1CNC1CCc2ccc(C)cc21. The summed E-state index contributed by atoms with van der Waals surface area (Å²) in [5, 5.41) is 5.96. The molecular formula is C17H21NS. The van der Waals surface area contributed by atoms with E-state index >= 15 is 0 Å². The number of aryl methyl sites for hydroxylation is 3. The number of hydrogen-bond donors (Lipinski definition) is 1. The zero-order chi connectivity index (χ0) is 13.2. The molecule has 2 aromatic rings. The van der Waals surface area contributed by atoms with Gasteiger partial charge in [-0.05, 0) is 54.3 Å². The fraction of sp³-hybridized carbons (Fsp3) is 0.412. The Morgan fingerprint density at radius 1 is 1.32 bits per heavy atom. The Morgan fingerprint density at radius 3 is 3.05 bits per heavy atom. The lowest BCUT2D eigenvalue weighted by Crippen LogP contribution is -2.18. The minimum Gasteiger partial charge on any atom is -0.305 e. The van der Waals surface area contributed by atoms with Crippen LogP contribution in [-0.4, -0.2) is 0 Å². The molecule has 0 spiro atoms. The van der Waals surface area contributed by atoms with Crippen molar-refractivity contribution in [1.29, 1.82) is 0 Å². The van der Waals surface area contributed by atoms with E-state index in [1.165, 1.54) is 40.0 Å². The van der Waals surface area contributed by atoms with Gasteiger partial charge in [-0.3, -0.25) is 0 Å². The summed E-state index contributed by atoms with van der Waals surface area (Å²) < 4.78 is 0. The van der Waals surface area contributed by atoms with E-state index < -0.39 is 0 Å². The maximum absolute atomic E-state index is 3.75. The number of rotatable bonds is 4. The van der Waals surface area contributed by atoms with Gasteiger partial charge >= 0.3 is 0 Å². The predicted molar refractivity (Wildman–Crippen MR) is 82.8 cm³/mol. The van der Waals surface area contributed by atoms with Crippen LogP contribution in [0.5, 0.6) is 0 Å². The molecule has 1 unspecified atom stereocenters. The molecule has 1 N–H and O–H groups in total. The summed E-state index contributed by atoms with van der Waals surface area (Å²) in [5.74, 6) is 0. The topological polar surface area (TPSA) is 12.0 Å².